The molecule has 0 unspecified atom stereocenters. The van der Waals surface area contributed by atoms with Gasteiger partial charge in [-0.2, -0.15) is 13.2 Å². The number of carbonyl (C=O) groups is 1. The second-order valence-corrected chi connectivity index (χ2v) is 5.17. The van der Waals surface area contributed by atoms with E-state index >= 15 is 0 Å². The predicted octanol–water partition coefficient (Wildman–Crippen LogP) is 3.77. The summed E-state index contributed by atoms with van der Waals surface area (Å²) in [6.45, 7) is 4.42. The molecule has 0 saturated carbocycles. The maximum absolute atomic E-state index is 12.4. The van der Waals surface area contributed by atoms with Crippen LogP contribution in [0.15, 0.2) is 30.5 Å². The summed E-state index contributed by atoms with van der Waals surface area (Å²) >= 11 is 0. The lowest BCUT2D eigenvalue weighted by atomic mass is 10.1. The van der Waals surface area contributed by atoms with Gasteiger partial charge in [0.25, 0.3) is 0 Å². The molecule has 0 fully saturated rings. The number of rotatable bonds is 4. The number of fused-ring (bicyclic) bond motifs is 1. The van der Waals surface area contributed by atoms with Gasteiger partial charge in [-0.3, -0.25) is 9.78 Å². The molecule has 0 aliphatic rings. The minimum absolute atomic E-state index is 0.0438. The number of anilines is 1. The summed E-state index contributed by atoms with van der Waals surface area (Å²) in [5.74, 6) is -1.26. The minimum Gasteiger partial charge on any atom is -0.491 e. The molecule has 0 spiro atoms. The number of nitrogens with zero attached hydrogens (tertiary/aromatic N) is 1. The highest BCUT2D eigenvalue weighted by atomic mass is 19.4. The summed E-state index contributed by atoms with van der Waals surface area (Å²) in [5, 5.41) is 2.25. The Bertz CT molecular complexity index is 684. The number of nitrogens with one attached hydrogen (secondary N) is 1. The first-order valence-corrected chi connectivity index (χ1v) is 6.67. The molecule has 0 aliphatic heterocycles. The molecule has 0 aliphatic carbocycles. The highest BCUT2D eigenvalue weighted by Crippen LogP contribution is 2.31. The van der Waals surface area contributed by atoms with Gasteiger partial charge in [-0.15, -0.1) is 0 Å². The van der Waals surface area contributed by atoms with Crippen LogP contribution in [0, 0.1) is 5.92 Å². The number of hydrogen-bond donors (Lipinski definition) is 1. The van der Waals surface area contributed by atoms with Crippen LogP contribution in [-0.2, 0) is 4.79 Å². The van der Waals surface area contributed by atoms with Crippen molar-refractivity contribution in [3.05, 3.63) is 30.5 Å². The zero-order valence-electron chi connectivity index (χ0n) is 12.1. The van der Waals surface area contributed by atoms with Crippen molar-refractivity contribution in [1.82, 2.24) is 4.98 Å². The van der Waals surface area contributed by atoms with E-state index in [-0.39, 0.29) is 5.69 Å². The van der Waals surface area contributed by atoms with Crippen molar-refractivity contribution in [2.75, 3.05) is 11.9 Å². The fourth-order valence-corrected chi connectivity index (χ4v) is 1.82. The van der Waals surface area contributed by atoms with Crippen molar-refractivity contribution in [2.45, 2.75) is 20.0 Å². The SMILES string of the molecule is CC(C)COc1ccc(NC(=O)C(F)(F)F)c2cccnc12. The minimum atomic E-state index is -4.94. The molecule has 0 bridgehead atoms. The Morgan fingerprint density at radius 3 is 2.68 bits per heavy atom. The summed E-state index contributed by atoms with van der Waals surface area (Å²) in [4.78, 5) is 15.2. The molecular weight excluding hydrogens is 297 g/mol. The van der Waals surface area contributed by atoms with E-state index in [4.69, 9.17) is 4.74 Å². The predicted molar refractivity (Wildman–Crippen MR) is 76.8 cm³/mol. The zero-order chi connectivity index (χ0) is 16.3. The molecule has 118 valence electrons. The van der Waals surface area contributed by atoms with Crippen LogP contribution >= 0.6 is 0 Å². The van der Waals surface area contributed by atoms with Crippen LogP contribution in [0.1, 0.15) is 13.8 Å². The van der Waals surface area contributed by atoms with E-state index in [9.17, 15) is 18.0 Å². The topological polar surface area (TPSA) is 51.2 Å². The van der Waals surface area contributed by atoms with Gasteiger partial charge in [0.05, 0.1) is 12.3 Å². The van der Waals surface area contributed by atoms with Gasteiger partial charge in [0.15, 0.2) is 0 Å². The first kappa shape index (κ1) is 16.1. The molecule has 1 aromatic heterocycles. The molecular formula is C15H15F3N2O2. The largest absolute Gasteiger partial charge is 0.491 e. The van der Waals surface area contributed by atoms with Gasteiger partial charge in [-0.05, 0) is 30.2 Å². The van der Waals surface area contributed by atoms with Gasteiger partial charge >= 0.3 is 12.1 Å². The van der Waals surface area contributed by atoms with Crippen LogP contribution in [-0.4, -0.2) is 23.7 Å². The van der Waals surface area contributed by atoms with Gasteiger partial charge in [0.2, 0.25) is 0 Å². The number of aromatic nitrogens is 1. The molecule has 0 atom stereocenters. The maximum Gasteiger partial charge on any atom is 0.471 e. The quantitative estimate of drug-likeness (QED) is 0.935. The Kier molecular flexibility index (Phi) is 4.54. The summed E-state index contributed by atoms with van der Waals surface area (Å²) in [7, 11) is 0. The van der Waals surface area contributed by atoms with Gasteiger partial charge in [-0.1, -0.05) is 13.8 Å². The van der Waals surface area contributed by atoms with Gasteiger partial charge in [0.1, 0.15) is 11.3 Å². The van der Waals surface area contributed by atoms with Crippen molar-refractivity contribution in [1.29, 1.82) is 0 Å². The fraction of sp³-hybridized carbons (Fsp3) is 0.333. The van der Waals surface area contributed by atoms with E-state index in [0.29, 0.717) is 29.2 Å². The first-order valence-electron chi connectivity index (χ1n) is 6.67. The van der Waals surface area contributed by atoms with E-state index in [2.05, 4.69) is 4.98 Å². The third kappa shape index (κ3) is 3.66. The normalized spacial score (nSPS) is 11.7. The Balaban J connectivity index is 2.38. The summed E-state index contributed by atoms with van der Waals surface area (Å²) in [6, 6.07) is 6.04. The Morgan fingerprint density at radius 1 is 1.32 bits per heavy atom. The van der Waals surface area contributed by atoms with Crippen LogP contribution in [0.2, 0.25) is 0 Å². The van der Waals surface area contributed by atoms with Crippen LogP contribution in [0.4, 0.5) is 18.9 Å². The molecule has 1 heterocycles. The Morgan fingerprint density at radius 2 is 2.05 bits per heavy atom. The lowest BCUT2D eigenvalue weighted by Crippen LogP contribution is -2.30. The van der Waals surface area contributed by atoms with Gasteiger partial charge in [-0.25, -0.2) is 0 Å². The second kappa shape index (κ2) is 6.21. The second-order valence-electron chi connectivity index (χ2n) is 5.17. The standard InChI is InChI=1S/C15H15F3N2O2/c1-9(2)8-22-12-6-5-11(20-14(21)15(16,17)18)10-4-3-7-19-13(10)12/h3-7,9H,8H2,1-2H3,(H,20,21). The van der Waals surface area contributed by atoms with Crippen molar-refractivity contribution in [2.24, 2.45) is 5.92 Å². The molecule has 2 rings (SSSR count). The summed E-state index contributed by atoms with van der Waals surface area (Å²) in [6.07, 6.45) is -3.43. The van der Waals surface area contributed by atoms with E-state index in [0.717, 1.165) is 0 Å². The average Bonchev–Trinajstić information content (AvgIpc) is 2.45. The van der Waals surface area contributed by atoms with Crippen LogP contribution in [0.25, 0.3) is 10.9 Å². The number of pyridine rings is 1. The number of amides is 1. The smallest absolute Gasteiger partial charge is 0.471 e. The third-order valence-corrected chi connectivity index (χ3v) is 2.81. The highest BCUT2D eigenvalue weighted by Gasteiger charge is 2.38. The molecule has 1 N–H and O–H groups in total. The Hall–Kier alpha value is -2.31. The average molecular weight is 312 g/mol. The maximum atomic E-state index is 12.4. The molecule has 7 heteroatoms. The Labute approximate surface area is 125 Å². The number of benzene rings is 1. The molecule has 1 amide bonds. The van der Waals surface area contributed by atoms with Crippen molar-refractivity contribution in [3.63, 3.8) is 0 Å². The van der Waals surface area contributed by atoms with Gasteiger partial charge in [0, 0.05) is 11.6 Å². The van der Waals surface area contributed by atoms with E-state index in [1.54, 1.807) is 12.1 Å². The van der Waals surface area contributed by atoms with Crippen molar-refractivity contribution < 1.29 is 22.7 Å². The van der Waals surface area contributed by atoms with Crippen LogP contribution in [0.5, 0.6) is 5.75 Å². The van der Waals surface area contributed by atoms with E-state index in [1.807, 2.05) is 19.2 Å². The van der Waals surface area contributed by atoms with Crippen LogP contribution < -0.4 is 10.1 Å². The molecule has 0 saturated heterocycles. The molecule has 2 aromatic rings. The fourth-order valence-electron chi connectivity index (χ4n) is 1.82. The zero-order valence-corrected chi connectivity index (χ0v) is 12.1. The number of carbonyl (C=O) groups excluding carboxylic acids is 1. The van der Waals surface area contributed by atoms with Crippen molar-refractivity contribution >= 4 is 22.5 Å². The number of hydrogen-bond acceptors (Lipinski definition) is 3. The monoisotopic (exact) mass is 312 g/mol. The third-order valence-electron chi connectivity index (χ3n) is 2.81. The van der Waals surface area contributed by atoms with Gasteiger partial charge < -0.3 is 10.1 Å². The van der Waals surface area contributed by atoms with E-state index < -0.39 is 12.1 Å². The molecule has 22 heavy (non-hydrogen) atoms. The first-order chi connectivity index (χ1) is 10.3. The lowest BCUT2D eigenvalue weighted by molar-refractivity contribution is -0.167. The number of halogens is 3. The summed E-state index contributed by atoms with van der Waals surface area (Å²) < 4.78 is 42.7. The molecule has 1 aromatic carbocycles. The molecule has 4 nitrogen and oxygen atoms in total. The highest BCUT2D eigenvalue weighted by molar-refractivity contribution is 6.04. The number of alkyl halides is 3. The van der Waals surface area contributed by atoms with Crippen LogP contribution in [0.3, 0.4) is 0 Å². The van der Waals surface area contributed by atoms with Crippen molar-refractivity contribution in [3.8, 4) is 5.75 Å². The lowest BCUT2D eigenvalue weighted by Gasteiger charge is -2.14. The number of ether oxygens (including phenoxy) is 1. The molecule has 0 radical (unpaired) electrons. The van der Waals surface area contributed by atoms with E-state index in [1.165, 1.54) is 18.3 Å². The summed E-state index contributed by atoms with van der Waals surface area (Å²) in [5.41, 5.74) is 0.449.